The van der Waals surface area contributed by atoms with Gasteiger partial charge in [0, 0.05) is 22.2 Å². The van der Waals surface area contributed by atoms with Crippen LogP contribution in [-0.4, -0.2) is 39.3 Å². The van der Waals surface area contributed by atoms with Crippen LogP contribution in [-0.2, 0) is 23.2 Å². The molecule has 4 fully saturated rings. The quantitative estimate of drug-likeness (QED) is 0.309. The van der Waals surface area contributed by atoms with E-state index in [1.54, 1.807) is 5.57 Å². The van der Waals surface area contributed by atoms with E-state index in [4.69, 9.17) is 10.2 Å². The summed E-state index contributed by atoms with van der Waals surface area (Å²) in [7, 11) is 0. The third-order valence-electron chi connectivity index (χ3n) is 15.7. The van der Waals surface area contributed by atoms with Gasteiger partial charge in [-0.3, -0.25) is 14.8 Å². The Bertz CT molecular complexity index is 1620. The normalized spacial score (nSPS) is 40.6. The molecule has 0 aromatic carbocycles. The topological polar surface area (TPSA) is 108 Å². The Hall–Kier alpha value is -2.54. The molecule has 256 valence electrons. The van der Waals surface area contributed by atoms with Gasteiger partial charge in [0.2, 0.25) is 0 Å². The number of nitrogen functional groups attached to an aromatic ring is 1. The van der Waals surface area contributed by atoms with Gasteiger partial charge < -0.3 is 15.3 Å². The molecular formula is C40H58N4O3. The lowest BCUT2D eigenvalue weighted by Crippen LogP contribution is -2.64. The highest BCUT2D eigenvalue weighted by Gasteiger charge is 2.68. The number of likely N-dealkylation sites (tertiary alicyclic amines) is 1. The fourth-order valence-electron chi connectivity index (χ4n) is 13.5. The zero-order valence-electron chi connectivity index (χ0n) is 30.0. The molecule has 8 atom stereocenters. The number of anilines is 1. The molecule has 8 rings (SSSR count). The van der Waals surface area contributed by atoms with Crippen LogP contribution in [0.5, 0.6) is 0 Å². The molecule has 1 saturated heterocycles. The van der Waals surface area contributed by atoms with E-state index < -0.39 is 5.97 Å². The summed E-state index contributed by atoms with van der Waals surface area (Å²) in [6, 6.07) is 2.36. The van der Waals surface area contributed by atoms with Gasteiger partial charge in [0.25, 0.3) is 0 Å². The Morgan fingerprint density at radius 2 is 1.81 bits per heavy atom. The molecular weight excluding hydrogens is 584 g/mol. The monoisotopic (exact) mass is 642 g/mol. The molecule has 7 nitrogen and oxygen atoms in total. The lowest BCUT2D eigenvalue weighted by atomic mass is 9.33. The second-order valence-electron chi connectivity index (χ2n) is 19.0. The minimum absolute atomic E-state index is 0.0120. The number of H-pyrrole nitrogens is 1. The maximum Gasteiger partial charge on any atom is 0.306 e. The number of nitrogens with one attached hydrogen (secondary N) is 1. The van der Waals surface area contributed by atoms with Gasteiger partial charge in [-0.05, 0) is 134 Å². The summed E-state index contributed by atoms with van der Waals surface area (Å²) in [5.74, 6) is 2.31. The SMILES string of the molecule is CC1(C)CC2C3=C(c4coc(CN5CCCC5)c4)CC4[C@@]5(C)Cc6c(N)n[nH]c6C(C)(C)C5CC[C@@]4(C)[C@]3(C)CC[C@@H]2[C@H](C(=O)O)C1. The lowest BCUT2D eigenvalue weighted by molar-refractivity contribution is -0.161. The first-order valence-electron chi connectivity index (χ1n) is 18.7. The Labute approximate surface area is 281 Å². The van der Waals surface area contributed by atoms with Crippen LogP contribution in [0, 0.1) is 51.2 Å². The van der Waals surface area contributed by atoms with E-state index in [1.807, 2.05) is 0 Å². The Kier molecular flexibility index (Phi) is 6.91. The fourth-order valence-corrected chi connectivity index (χ4v) is 13.5. The van der Waals surface area contributed by atoms with Crippen molar-refractivity contribution in [1.82, 2.24) is 15.1 Å². The molecule has 0 amide bonds. The number of aliphatic carboxylic acids is 1. The van der Waals surface area contributed by atoms with Crippen LogP contribution in [0.2, 0.25) is 0 Å². The second kappa shape index (κ2) is 10.2. The van der Waals surface area contributed by atoms with Crippen LogP contribution in [0.25, 0.3) is 5.57 Å². The van der Waals surface area contributed by atoms with Crippen molar-refractivity contribution in [2.75, 3.05) is 18.8 Å². The molecule has 0 spiro atoms. The van der Waals surface area contributed by atoms with E-state index in [9.17, 15) is 9.90 Å². The zero-order chi connectivity index (χ0) is 33.3. The first-order chi connectivity index (χ1) is 22.1. The summed E-state index contributed by atoms with van der Waals surface area (Å²) in [4.78, 5) is 15.4. The number of carboxylic acid groups (broad SMARTS) is 1. The number of carbonyl (C=O) groups is 1. The summed E-state index contributed by atoms with van der Waals surface area (Å²) in [6.07, 6.45) is 12.9. The number of fused-ring (bicyclic) bond motifs is 8. The Balaban J connectivity index is 1.31. The van der Waals surface area contributed by atoms with E-state index in [0.29, 0.717) is 17.7 Å². The molecule has 3 unspecified atom stereocenters. The molecule has 4 N–H and O–H groups in total. The minimum Gasteiger partial charge on any atom is -0.481 e. The summed E-state index contributed by atoms with van der Waals surface area (Å²) in [6.45, 7) is 20.5. The maximum absolute atomic E-state index is 12.9. The summed E-state index contributed by atoms with van der Waals surface area (Å²) in [5, 5.41) is 18.5. The maximum atomic E-state index is 12.9. The predicted octanol–water partition coefficient (Wildman–Crippen LogP) is 8.46. The van der Waals surface area contributed by atoms with Crippen molar-refractivity contribution in [3.05, 3.63) is 40.5 Å². The number of aromatic amines is 1. The van der Waals surface area contributed by atoms with Crippen LogP contribution >= 0.6 is 0 Å². The van der Waals surface area contributed by atoms with Gasteiger partial charge in [-0.15, -0.1) is 0 Å². The van der Waals surface area contributed by atoms with Crippen molar-refractivity contribution in [2.24, 2.45) is 51.2 Å². The largest absolute Gasteiger partial charge is 0.481 e. The number of furan rings is 1. The number of hydrogen-bond acceptors (Lipinski definition) is 5. The molecule has 3 saturated carbocycles. The Morgan fingerprint density at radius 3 is 2.53 bits per heavy atom. The molecule has 0 bridgehead atoms. The zero-order valence-corrected chi connectivity index (χ0v) is 30.0. The van der Waals surface area contributed by atoms with Gasteiger partial charge in [0.05, 0.1) is 18.7 Å². The fraction of sp³-hybridized carbons (Fsp3) is 0.750. The van der Waals surface area contributed by atoms with Crippen LogP contribution in [0.1, 0.15) is 129 Å². The van der Waals surface area contributed by atoms with Crippen molar-refractivity contribution >= 4 is 17.4 Å². The van der Waals surface area contributed by atoms with Gasteiger partial charge in [-0.2, -0.15) is 5.10 Å². The molecule has 5 aliphatic carbocycles. The average molecular weight is 643 g/mol. The highest BCUT2D eigenvalue weighted by Crippen LogP contribution is 2.76. The van der Waals surface area contributed by atoms with Gasteiger partial charge in [-0.25, -0.2) is 0 Å². The highest BCUT2D eigenvalue weighted by atomic mass is 16.4. The van der Waals surface area contributed by atoms with Crippen molar-refractivity contribution in [3.8, 4) is 0 Å². The van der Waals surface area contributed by atoms with Gasteiger partial charge in [0.15, 0.2) is 0 Å². The average Bonchev–Trinajstić information content (AvgIpc) is 3.75. The van der Waals surface area contributed by atoms with Gasteiger partial charge >= 0.3 is 5.97 Å². The Morgan fingerprint density at radius 1 is 1.06 bits per heavy atom. The first-order valence-corrected chi connectivity index (χ1v) is 18.7. The standard InChI is InChI=1S/C40H58N4O3/c1-36(2)18-27-25(28(19-36)35(45)46)10-12-40(7)32(27)26(23-16-24(47-22-23)21-44-14-8-9-15-44)17-31-38(5)20-29-33(42-43-34(29)41)37(3,4)30(38)11-13-39(31,40)6/h16,22,25,27-28,30-31H,8-15,17-21H2,1-7H3,(H,45,46)(H3,41,42,43)/t25-,27?,28+,30?,31?,38-,39+,40+/m0/s1. The van der Waals surface area contributed by atoms with E-state index >= 15 is 0 Å². The van der Waals surface area contributed by atoms with E-state index in [2.05, 4.69) is 75.9 Å². The number of nitrogens with zero attached hydrogens (tertiary/aromatic N) is 2. The molecule has 2 aromatic rings. The van der Waals surface area contributed by atoms with Crippen LogP contribution in [0.4, 0.5) is 5.82 Å². The van der Waals surface area contributed by atoms with Crippen molar-refractivity contribution in [1.29, 1.82) is 0 Å². The number of rotatable bonds is 4. The lowest BCUT2D eigenvalue weighted by Gasteiger charge is -2.70. The number of aromatic nitrogens is 2. The molecule has 47 heavy (non-hydrogen) atoms. The molecule has 1 aliphatic heterocycles. The van der Waals surface area contributed by atoms with Gasteiger partial charge in [0.1, 0.15) is 11.6 Å². The van der Waals surface area contributed by atoms with E-state index in [0.717, 1.165) is 63.9 Å². The smallest absolute Gasteiger partial charge is 0.306 e. The number of carboxylic acids is 1. The third-order valence-corrected chi connectivity index (χ3v) is 15.7. The van der Waals surface area contributed by atoms with E-state index in [1.165, 1.54) is 48.1 Å². The van der Waals surface area contributed by atoms with Crippen molar-refractivity contribution < 1.29 is 14.3 Å². The van der Waals surface area contributed by atoms with E-state index in [-0.39, 0.29) is 44.8 Å². The summed E-state index contributed by atoms with van der Waals surface area (Å²) >= 11 is 0. The number of hydrogen-bond donors (Lipinski definition) is 3. The summed E-state index contributed by atoms with van der Waals surface area (Å²) < 4.78 is 6.41. The second-order valence-corrected chi connectivity index (χ2v) is 19.0. The third kappa shape index (κ3) is 4.39. The van der Waals surface area contributed by atoms with Crippen molar-refractivity contribution in [2.45, 2.75) is 125 Å². The molecule has 6 aliphatic rings. The number of nitrogens with two attached hydrogens (primary N) is 1. The van der Waals surface area contributed by atoms with Gasteiger partial charge in [-0.1, -0.05) is 54.0 Å². The van der Waals surface area contributed by atoms with Crippen LogP contribution < -0.4 is 5.73 Å². The minimum atomic E-state index is -0.597. The predicted molar refractivity (Wildman–Crippen MR) is 185 cm³/mol. The molecule has 0 radical (unpaired) electrons. The molecule has 7 heteroatoms. The molecule has 3 heterocycles. The number of allylic oxidation sites excluding steroid dienone is 2. The highest BCUT2D eigenvalue weighted by molar-refractivity contribution is 5.75. The molecule has 2 aromatic heterocycles. The van der Waals surface area contributed by atoms with Crippen LogP contribution in [0.15, 0.2) is 22.3 Å². The van der Waals surface area contributed by atoms with Crippen molar-refractivity contribution in [3.63, 3.8) is 0 Å². The first kappa shape index (κ1) is 31.7. The van der Waals surface area contributed by atoms with Crippen LogP contribution in [0.3, 0.4) is 0 Å². The summed E-state index contributed by atoms with van der Waals surface area (Å²) in [5.41, 5.74) is 13.5.